The van der Waals surface area contributed by atoms with Gasteiger partial charge in [0.15, 0.2) is 5.78 Å². The molecule has 5 heteroatoms. The molecule has 0 radical (unpaired) electrons. The second-order valence-electron chi connectivity index (χ2n) is 3.72. The van der Waals surface area contributed by atoms with E-state index >= 15 is 0 Å². The smallest absolute Gasteiger partial charge is 0.171 e. The molecule has 0 fully saturated rings. The number of ketones is 1. The molecule has 2 rings (SSSR count). The van der Waals surface area contributed by atoms with Gasteiger partial charge in [-0.3, -0.25) is 4.79 Å². The van der Waals surface area contributed by atoms with E-state index in [2.05, 4.69) is 20.9 Å². The van der Waals surface area contributed by atoms with E-state index in [-0.39, 0.29) is 5.78 Å². The molecule has 0 bridgehead atoms. The monoisotopic (exact) mass is 298 g/mol. The summed E-state index contributed by atoms with van der Waals surface area (Å²) >= 11 is 4.84. The van der Waals surface area contributed by atoms with Crippen LogP contribution in [0.15, 0.2) is 4.47 Å². The summed E-state index contributed by atoms with van der Waals surface area (Å²) < 4.78 is 0.958. The SMILES string of the molecule is CC(=O)c1sc2nc(C)c(Br)c(C)c2c1N. The largest absolute Gasteiger partial charge is 0.397 e. The topological polar surface area (TPSA) is 56.0 Å². The van der Waals surface area contributed by atoms with Crippen LogP contribution in [0.4, 0.5) is 5.69 Å². The number of halogens is 1. The first-order valence-electron chi connectivity index (χ1n) is 4.79. The summed E-state index contributed by atoms with van der Waals surface area (Å²) in [4.78, 5) is 17.3. The van der Waals surface area contributed by atoms with Gasteiger partial charge in [0.2, 0.25) is 0 Å². The summed E-state index contributed by atoms with van der Waals surface area (Å²) in [5.41, 5.74) is 8.51. The van der Waals surface area contributed by atoms with Crippen molar-refractivity contribution in [2.75, 3.05) is 5.73 Å². The fraction of sp³-hybridized carbons (Fsp3) is 0.273. The van der Waals surface area contributed by atoms with Crippen LogP contribution in [0.2, 0.25) is 0 Å². The lowest BCUT2D eigenvalue weighted by Crippen LogP contribution is -1.95. The predicted molar refractivity (Wildman–Crippen MR) is 71.2 cm³/mol. The third-order valence-corrected chi connectivity index (χ3v) is 4.91. The minimum absolute atomic E-state index is 0.00586. The summed E-state index contributed by atoms with van der Waals surface area (Å²) in [7, 11) is 0. The van der Waals surface area contributed by atoms with E-state index in [9.17, 15) is 4.79 Å². The van der Waals surface area contributed by atoms with Gasteiger partial charge >= 0.3 is 0 Å². The number of aryl methyl sites for hydroxylation is 2. The highest BCUT2D eigenvalue weighted by molar-refractivity contribution is 9.10. The van der Waals surface area contributed by atoms with Crippen molar-refractivity contribution >= 4 is 49.0 Å². The van der Waals surface area contributed by atoms with Crippen LogP contribution < -0.4 is 5.73 Å². The Bertz CT molecular complexity index is 604. The van der Waals surface area contributed by atoms with Crippen molar-refractivity contribution in [1.29, 1.82) is 0 Å². The minimum atomic E-state index is -0.00586. The summed E-state index contributed by atoms with van der Waals surface area (Å²) in [6.45, 7) is 5.44. The lowest BCUT2D eigenvalue weighted by Gasteiger charge is -2.04. The molecule has 0 saturated heterocycles. The van der Waals surface area contributed by atoms with Crippen LogP contribution >= 0.6 is 27.3 Å². The van der Waals surface area contributed by atoms with Crippen molar-refractivity contribution in [3.8, 4) is 0 Å². The average molecular weight is 299 g/mol. The zero-order chi connectivity index (χ0) is 12.0. The van der Waals surface area contributed by atoms with Crippen LogP contribution in [-0.2, 0) is 0 Å². The number of nitrogens with zero attached hydrogens (tertiary/aromatic N) is 1. The van der Waals surface area contributed by atoms with Gasteiger partial charge in [-0.25, -0.2) is 4.98 Å². The van der Waals surface area contributed by atoms with Crippen molar-refractivity contribution in [3.63, 3.8) is 0 Å². The molecule has 2 N–H and O–H groups in total. The third kappa shape index (κ3) is 1.55. The van der Waals surface area contributed by atoms with Gasteiger partial charge < -0.3 is 5.73 Å². The number of hydrogen-bond acceptors (Lipinski definition) is 4. The maximum Gasteiger partial charge on any atom is 0.171 e. The zero-order valence-corrected chi connectivity index (χ0v) is 11.6. The number of Topliss-reactive ketones (excluding diaryl/α,β-unsaturated/α-hetero) is 1. The van der Waals surface area contributed by atoms with Crippen LogP contribution in [0.25, 0.3) is 10.2 Å². The predicted octanol–water partition coefficient (Wildman–Crippen LogP) is 3.46. The Hall–Kier alpha value is -0.940. The Morgan fingerprint density at radius 3 is 2.62 bits per heavy atom. The lowest BCUT2D eigenvalue weighted by atomic mass is 10.1. The first kappa shape index (κ1) is 11.5. The summed E-state index contributed by atoms with van der Waals surface area (Å²) in [5, 5.41) is 0.896. The third-order valence-electron chi connectivity index (χ3n) is 2.54. The van der Waals surface area contributed by atoms with Gasteiger partial charge in [0.1, 0.15) is 4.83 Å². The van der Waals surface area contributed by atoms with Crippen molar-refractivity contribution < 1.29 is 4.79 Å². The highest BCUT2D eigenvalue weighted by atomic mass is 79.9. The Morgan fingerprint density at radius 1 is 1.44 bits per heavy atom. The second kappa shape index (κ2) is 3.82. The molecule has 0 aliphatic rings. The molecule has 2 aromatic rings. The molecule has 2 heterocycles. The number of fused-ring (bicyclic) bond motifs is 1. The van der Waals surface area contributed by atoms with Crippen LogP contribution in [-0.4, -0.2) is 10.8 Å². The Kier molecular flexibility index (Phi) is 2.75. The molecular weight excluding hydrogens is 288 g/mol. The summed E-state index contributed by atoms with van der Waals surface area (Å²) in [5.74, 6) is -0.00586. The van der Waals surface area contributed by atoms with E-state index in [1.54, 1.807) is 0 Å². The highest BCUT2D eigenvalue weighted by Crippen LogP contribution is 2.38. The standard InChI is InChI=1S/C11H11BrN2OS/c1-4-7-9(13)10(6(3)15)16-11(7)14-5(2)8(4)12/h13H2,1-3H3. The van der Waals surface area contributed by atoms with E-state index in [1.165, 1.54) is 18.3 Å². The van der Waals surface area contributed by atoms with Crippen molar-refractivity contribution in [2.45, 2.75) is 20.8 Å². The number of pyridine rings is 1. The molecule has 3 nitrogen and oxygen atoms in total. The number of carbonyl (C=O) groups is 1. The average Bonchev–Trinajstić information content (AvgIpc) is 2.52. The van der Waals surface area contributed by atoms with E-state index in [4.69, 9.17) is 5.73 Å². The first-order valence-corrected chi connectivity index (χ1v) is 6.40. The molecular formula is C11H11BrN2OS. The lowest BCUT2D eigenvalue weighted by molar-refractivity contribution is 0.102. The van der Waals surface area contributed by atoms with Gasteiger partial charge in [-0.05, 0) is 35.3 Å². The van der Waals surface area contributed by atoms with Gasteiger partial charge in [-0.1, -0.05) is 0 Å². The molecule has 16 heavy (non-hydrogen) atoms. The molecule has 0 unspecified atom stereocenters. The summed E-state index contributed by atoms with van der Waals surface area (Å²) in [6, 6.07) is 0. The van der Waals surface area contributed by atoms with Crippen LogP contribution in [0.5, 0.6) is 0 Å². The number of aromatic nitrogens is 1. The molecule has 0 amide bonds. The molecule has 0 aromatic carbocycles. The van der Waals surface area contributed by atoms with Crippen LogP contribution in [0.3, 0.4) is 0 Å². The van der Waals surface area contributed by atoms with Gasteiger partial charge in [-0.15, -0.1) is 11.3 Å². The quantitative estimate of drug-likeness (QED) is 0.820. The van der Waals surface area contributed by atoms with Gasteiger partial charge in [-0.2, -0.15) is 0 Å². The number of nitrogens with two attached hydrogens (primary N) is 1. The second-order valence-corrected chi connectivity index (χ2v) is 5.51. The number of carbonyl (C=O) groups excluding carboxylic acids is 1. The first-order chi connectivity index (χ1) is 7.43. The molecule has 0 aliphatic carbocycles. The van der Waals surface area contributed by atoms with Crippen molar-refractivity contribution in [2.24, 2.45) is 0 Å². The van der Waals surface area contributed by atoms with E-state index in [0.29, 0.717) is 10.6 Å². The number of anilines is 1. The Morgan fingerprint density at radius 2 is 2.06 bits per heavy atom. The summed E-state index contributed by atoms with van der Waals surface area (Å²) in [6.07, 6.45) is 0. The van der Waals surface area contributed by atoms with Gasteiger partial charge in [0.05, 0.1) is 16.3 Å². The molecule has 2 aromatic heterocycles. The molecule has 0 aliphatic heterocycles. The van der Waals surface area contributed by atoms with Crippen molar-refractivity contribution in [3.05, 3.63) is 20.6 Å². The highest BCUT2D eigenvalue weighted by Gasteiger charge is 2.18. The molecule has 0 atom stereocenters. The molecule has 0 spiro atoms. The number of nitrogen functional groups attached to an aromatic ring is 1. The minimum Gasteiger partial charge on any atom is -0.397 e. The zero-order valence-electron chi connectivity index (χ0n) is 9.22. The number of hydrogen-bond donors (Lipinski definition) is 1. The molecule has 0 saturated carbocycles. The Labute approximate surface area is 106 Å². The number of rotatable bonds is 1. The maximum absolute atomic E-state index is 11.4. The van der Waals surface area contributed by atoms with Crippen LogP contribution in [0.1, 0.15) is 27.9 Å². The maximum atomic E-state index is 11.4. The van der Waals surface area contributed by atoms with Crippen LogP contribution in [0, 0.1) is 13.8 Å². The fourth-order valence-corrected chi connectivity index (χ4v) is 3.10. The number of thiophene rings is 1. The van der Waals surface area contributed by atoms with Gasteiger partial charge in [0.25, 0.3) is 0 Å². The van der Waals surface area contributed by atoms with Gasteiger partial charge in [0, 0.05) is 16.8 Å². The van der Waals surface area contributed by atoms with E-state index in [1.807, 2.05) is 13.8 Å². The Balaban J connectivity index is 2.93. The van der Waals surface area contributed by atoms with Crippen molar-refractivity contribution in [1.82, 2.24) is 4.98 Å². The van der Waals surface area contributed by atoms with E-state index < -0.39 is 0 Å². The van der Waals surface area contributed by atoms with E-state index in [0.717, 1.165) is 25.9 Å². The normalized spacial score (nSPS) is 11.0. The molecule has 84 valence electrons. The fourth-order valence-electron chi connectivity index (χ4n) is 1.72.